The Labute approximate surface area is 124 Å². The Morgan fingerprint density at radius 1 is 1.35 bits per heavy atom. The van der Waals surface area contributed by atoms with Crippen LogP contribution in [0.15, 0.2) is 35.2 Å². The molecule has 0 saturated heterocycles. The molecule has 2 nitrogen and oxygen atoms in total. The van der Waals surface area contributed by atoms with Gasteiger partial charge in [0.2, 0.25) is 0 Å². The van der Waals surface area contributed by atoms with E-state index in [1.54, 1.807) is 23.5 Å². The molecule has 2 rings (SSSR count). The van der Waals surface area contributed by atoms with Gasteiger partial charge in [-0.25, -0.2) is 9.37 Å². The van der Waals surface area contributed by atoms with Gasteiger partial charge in [0, 0.05) is 5.38 Å². The van der Waals surface area contributed by atoms with Gasteiger partial charge in [0.05, 0.1) is 11.2 Å². The van der Waals surface area contributed by atoms with Gasteiger partial charge in [-0.05, 0) is 56.0 Å². The third-order valence-corrected chi connectivity index (χ3v) is 3.89. The van der Waals surface area contributed by atoms with E-state index in [1.807, 2.05) is 11.6 Å². The molecule has 1 unspecified atom stereocenters. The zero-order valence-corrected chi connectivity index (χ0v) is 12.6. The lowest BCUT2D eigenvalue weighted by atomic mass is 9.95. The van der Waals surface area contributed by atoms with Gasteiger partial charge in [0.15, 0.2) is 0 Å². The number of benzene rings is 1. The number of aromatic nitrogens is 1. The number of nitrogens with zero attached hydrogens (tertiary/aromatic N) is 1. The van der Waals surface area contributed by atoms with Crippen molar-refractivity contribution in [1.29, 1.82) is 0 Å². The van der Waals surface area contributed by atoms with Crippen LogP contribution in [-0.4, -0.2) is 18.1 Å². The number of thiazole rings is 1. The van der Waals surface area contributed by atoms with Crippen molar-refractivity contribution in [3.8, 4) is 0 Å². The molecule has 0 amide bonds. The zero-order chi connectivity index (χ0) is 14.2. The molecule has 0 aliphatic carbocycles. The highest BCUT2D eigenvalue weighted by Gasteiger charge is 2.12. The Balaban J connectivity index is 1.97. The molecule has 1 aromatic carbocycles. The number of nitrogens with one attached hydrogen (secondary N) is 1. The van der Waals surface area contributed by atoms with Crippen molar-refractivity contribution in [2.24, 2.45) is 5.92 Å². The summed E-state index contributed by atoms with van der Waals surface area (Å²) in [6.07, 6.45) is 2.95. The molecule has 0 radical (unpaired) electrons. The van der Waals surface area contributed by atoms with E-state index in [9.17, 15) is 4.39 Å². The summed E-state index contributed by atoms with van der Waals surface area (Å²) in [6, 6.07) is 6.91. The molecule has 0 saturated carbocycles. The van der Waals surface area contributed by atoms with Crippen LogP contribution in [0.1, 0.15) is 24.6 Å². The lowest BCUT2D eigenvalue weighted by molar-refractivity contribution is 0.466. The molecule has 1 N–H and O–H groups in total. The maximum absolute atomic E-state index is 13.3. The summed E-state index contributed by atoms with van der Waals surface area (Å²) >= 11 is 1.63. The summed E-state index contributed by atoms with van der Waals surface area (Å²) in [7, 11) is 0. The molecule has 0 aliphatic rings. The van der Waals surface area contributed by atoms with E-state index < -0.39 is 0 Å². The molecule has 1 heterocycles. The molecule has 0 fully saturated rings. The van der Waals surface area contributed by atoms with Gasteiger partial charge in [-0.15, -0.1) is 11.3 Å². The molecule has 20 heavy (non-hydrogen) atoms. The van der Waals surface area contributed by atoms with Gasteiger partial charge in [-0.1, -0.05) is 19.1 Å². The molecule has 2 aromatic rings. The summed E-state index contributed by atoms with van der Waals surface area (Å²) in [5, 5.41) is 5.56. The van der Waals surface area contributed by atoms with Crippen molar-refractivity contribution >= 4 is 11.3 Å². The summed E-state index contributed by atoms with van der Waals surface area (Å²) in [5.74, 6) is 0.293. The Bertz CT molecular complexity index is 499. The lowest BCUT2D eigenvalue weighted by Crippen LogP contribution is -2.26. The average molecular weight is 292 g/mol. The van der Waals surface area contributed by atoms with E-state index in [4.69, 9.17) is 0 Å². The van der Waals surface area contributed by atoms with Crippen LogP contribution < -0.4 is 5.32 Å². The van der Waals surface area contributed by atoms with Crippen LogP contribution >= 0.6 is 11.3 Å². The molecule has 0 aliphatic heterocycles. The van der Waals surface area contributed by atoms with Crippen LogP contribution in [0.3, 0.4) is 0 Å². The van der Waals surface area contributed by atoms with Crippen LogP contribution in [0.5, 0.6) is 0 Å². The number of hydrogen-bond donors (Lipinski definition) is 1. The first-order chi connectivity index (χ1) is 9.78. The van der Waals surface area contributed by atoms with Gasteiger partial charge in [-0.2, -0.15) is 0 Å². The van der Waals surface area contributed by atoms with E-state index in [-0.39, 0.29) is 5.82 Å². The minimum absolute atomic E-state index is 0.156. The fraction of sp³-hybridized carbons (Fsp3) is 0.438. The largest absolute Gasteiger partial charge is 0.316 e. The Hall–Kier alpha value is -1.26. The number of halogens is 1. The van der Waals surface area contributed by atoms with Crippen LogP contribution in [0.25, 0.3) is 0 Å². The smallest absolute Gasteiger partial charge is 0.123 e. The van der Waals surface area contributed by atoms with Crippen LogP contribution in [-0.2, 0) is 12.8 Å². The van der Waals surface area contributed by atoms with E-state index in [0.717, 1.165) is 43.6 Å². The molecule has 1 aromatic heterocycles. The second-order valence-electron chi connectivity index (χ2n) is 5.09. The highest BCUT2D eigenvalue weighted by atomic mass is 32.1. The van der Waals surface area contributed by atoms with Crippen molar-refractivity contribution in [2.45, 2.75) is 26.2 Å². The monoisotopic (exact) mass is 292 g/mol. The predicted molar refractivity (Wildman–Crippen MR) is 82.6 cm³/mol. The van der Waals surface area contributed by atoms with E-state index in [1.165, 1.54) is 6.07 Å². The minimum atomic E-state index is -0.156. The molecule has 1 atom stereocenters. The zero-order valence-electron chi connectivity index (χ0n) is 11.8. The van der Waals surface area contributed by atoms with Gasteiger partial charge in [0.1, 0.15) is 5.82 Å². The predicted octanol–water partition coefficient (Wildman–Crippen LogP) is 3.68. The van der Waals surface area contributed by atoms with Gasteiger partial charge < -0.3 is 5.32 Å². The van der Waals surface area contributed by atoms with Crippen molar-refractivity contribution in [3.05, 3.63) is 52.2 Å². The normalized spacial score (nSPS) is 12.5. The van der Waals surface area contributed by atoms with E-state index >= 15 is 0 Å². The molecule has 0 bridgehead atoms. The molecule has 0 spiro atoms. The quantitative estimate of drug-likeness (QED) is 0.751. The van der Waals surface area contributed by atoms with Crippen LogP contribution in [0.2, 0.25) is 0 Å². The topological polar surface area (TPSA) is 24.9 Å². The third-order valence-electron chi connectivity index (χ3n) is 3.25. The summed E-state index contributed by atoms with van der Waals surface area (Å²) in [6.45, 7) is 4.13. The molecular weight excluding hydrogens is 271 g/mol. The first-order valence-corrected chi connectivity index (χ1v) is 8.04. The second kappa shape index (κ2) is 8.12. The first-order valence-electron chi connectivity index (χ1n) is 7.10. The van der Waals surface area contributed by atoms with Crippen molar-refractivity contribution in [2.75, 3.05) is 13.1 Å². The van der Waals surface area contributed by atoms with Gasteiger partial charge >= 0.3 is 0 Å². The van der Waals surface area contributed by atoms with Crippen molar-refractivity contribution in [3.63, 3.8) is 0 Å². The van der Waals surface area contributed by atoms with Crippen molar-refractivity contribution in [1.82, 2.24) is 10.3 Å². The molecule has 4 heteroatoms. The first kappa shape index (κ1) is 15.1. The fourth-order valence-electron chi connectivity index (χ4n) is 2.33. The molecule has 108 valence electrons. The molecular formula is C16H21FN2S. The van der Waals surface area contributed by atoms with Gasteiger partial charge in [-0.3, -0.25) is 0 Å². The number of rotatable bonds is 8. The Kier molecular flexibility index (Phi) is 6.15. The summed E-state index contributed by atoms with van der Waals surface area (Å²) in [4.78, 5) is 4.36. The standard InChI is InChI=1S/C16H21FN2S/c1-2-6-18-10-14(9-16-11-20-12-19-16)7-13-4-3-5-15(17)8-13/h3-5,8,11-12,14,18H,2,6-7,9-10H2,1H3. The highest BCUT2D eigenvalue weighted by molar-refractivity contribution is 7.07. The second-order valence-corrected chi connectivity index (χ2v) is 5.81. The van der Waals surface area contributed by atoms with E-state index in [2.05, 4.69) is 22.6 Å². The van der Waals surface area contributed by atoms with Crippen LogP contribution in [0.4, 0.5) is 4.39 Å². The minimum Gasteiger partial charge on any atom is -0.316 e. The highest BCUT2D eigenvalue weighted by Crippen LogP contribution is 2.15. The third kappa shape index (κ3) is 5.02. The lowest BCUT2D eigenvalue weighted by Gasteiger charge is -2.17. The Morgan fingerprint density at radius 3 is 2.95 bits per heavy atom. The van der Waals surface area contributed by atoms with Crippen molar-refractivity contribution < 1.29 is 4.39 Å². The van der Waals surface area contributed by atoms with Crippen LogP contribution in [0, 0.1) is 11.7 Å². The fourth-order valence-corrected chi connectivity index (χ4v) is 2.90. The SMILES string of the molecule is CCCNCC(Cc1cccc(F)c1)Cc1cscn1. The Morgan fingerprint density at radius 2 is 2.25 bits per heavy atom. The summed E-state index contributed by atoms with van der Waals surface area (Å²) in [5.41, 5.74) is 4.06. The van der Waals surface area contributed by atoms with Gasteiger partial charge in [0.25, 0.3) is 0 Å². The summed E-state index contributed by atoms with van der Waals surface area (Å²) < 4.78 is 13.3. The number of hydrogen-bond acceptors (Lipinski definition) is 3. The van der Waals surface area contributed by atoms with E-state index in [0.29, 0.717) is 5.92 Å². The maximum atomic E-state index is 13.3. The maximum Gasteiger partial charge on any atom is 0.123 e. The average Bonchev–Trinajstić information content (AvgIpc) is 2.92.